The van der Waals surface area contributed by atoms with E-state index in [0.29, 0.717) is 40.3 Å². The van der Waals surface area contributed by atoms with Gasteiger partial charge in [0, 0.05) is 35.3 Å². The van der Waals surface area contributed by atoms with E-state index in [0.717, 1.165) is 11.1 Å². The molecule has 1 atom stereocenters. The van der Waals surface area contributed by atoms with Gasteiger partial charge in [-0.15, -0.1) is 0 Å². The van der Waals surface area contributed by atoms with Crippen molar-refractivity contribution in [1.29, 1.82) is 0 Å². The standard InChI is InChI=1S/C22H21ClN6O3S/c23-19-4-2-1-3-16(19)17(10-26-13-30)15-7-20-18(21(8-15)33(25,31)32)12-29(28-20)11-14-5-6-22(24)27-9-14/h1-9,12-13,17H,10-11H2,(H2,24,27)(H,26,30)(H2,25,31,32). The Morgan fingerprint density at radius 1 is 1.18 bits per heavy atom. The first-order chi connectivity index (χ1) is 15.8. The smallest absolute Gasteiger partial charge is 0.238 e. The van der Waals surface area contributed by atoms with Crippen molar-refractivity contribution in [1.82, 2.24) is 20.1 Å². The number of carbonyl (C=O) groups excluding carboxylic acids is 1. The summed E-state index contributed by atoms with van der Waals surface area (Å²) in [5.41, 5.74) is 8.27. The van der Waals surface area contributed by atoms with E-state index in [1.54, 1.807) is 41.3 Å². The number of carbonyl (C=O) groups is 1. The van der Waals surface area contributed by atoms with Crippen molar-refractivity contribution >= 4 is 44.8 Å². The van der Waals surface area contributed by atoms with Gasteiger partial charge >= 0.3 is 0 Å². The van der Waals surface area contributed by atoms with Crippen LogP contribution in [-0.4, -0.2) is 36.1 Å². The van der Waals surface area contributed by atoms with Crippen LogP contribution in [0.15, 0.2) is 65.8 Å². The van der Waals surface area contributed by atoms with E-state index >= 15 is 0 Å². The minimum absolute atomic E-state index is 0.0557. The van der Waals surface area contributed by atoms with E-state index in [1.165, 1.54) is 6.07 Å². The number of benzene rings is 2. The Kier molecular flexibility index (Phi) is 6.32. The lowest BCUT2D eigenvalue weighted by molar-refractivity contribution is -0.109. The summed E-state index contributed by atoms with van der Waals surface area (Å²) in [6.07, 6.45) is 3.84. The third-order valence-electron chi connectivity index (χ3n) is 5.24. The van der Waals surface area contributed by atoms with Crippen molar-refractivity contribution < 1.29 is 13.2 Å². The molecule has 4 aromatic rings. The molecule has 0 saturated carbocycles. The van der Waals surface area contributed by atoms with Crippen molar-refractivity contribution in [3.63, 3.8) is 0 Å². The van der Waals surface area contributed by atoms with Crippen LogP contribution < -0.4 is 16.2 Å². The highest BCUT2D eigenvalue weighted by molar-refractivity contribution is 7.89. The highest BCUT2D eigenvalue weighted by Gasteiger charge is 2.23. The number of pyridine rings is 1. The molecule has 0 spiro atoms. The Morgan fingerprint density at radius 3 is 2.64 bits per heavy atom. The van der Waals surface area contributed by atoms with Gasteiger partial charge in [0.05, 0.1) is 17.0 Å². The van der Waals surface area contributed by atoms with Crippen LogP contribution in [0.1, 0.15) is 22.6 Å². The summed E-state index contributed by atoms with van der Waals surface area (Å²) in [6, 6.07) is 14.0. The molecule has 170 valence electrons. The van der Waals surface area contributed by atoms with Crippen LogP contribution in [-0.2, 0) is 21.4 Å². The van der Waals surface area contributed by atoms with Crippen LogP contribution in [0.25, 0.3) is 10.9 Å². The normalized spacial score (nSPS) is 12.5. The molecule has 33 heavy (non-hydrogen) atoms. The summed E-state index contributed by atoms with van der Waals surface area (Å²) in [6.45, 7) is 0.572. The molecule has 1 unspecified atom stereocenters. The van der Waals surface area contributed by atoms with Gasteiger partial charge in [0.15, 0.2) is 0 Å². The van der Waals surface area contributed by atoms with Gasteiger partial charge in [0.25, 0.3) is 0 Å². The lowest BCUT2D eigenvalue weighted by Gasteiger charge is -2.19. The quantitative estimate of drug-likeness (QED) is 0.327. The highest BCUT2D eigenvalue weighted by atomic mass is 35.5. The molecule has 1 amide bonds. The predicted octanol–water partition coefficient (Wildman–Crippen LogP) is 2.24. The molecule has 11 heteroatoms. The second-order valence-corrected chi connectivity index (χ2v) is 9.45. The molecule has 0 aliphatic carbocycles. The molecule has 0 saturated heterocycles. The summed E-state index contributed by atoms with van der Waals surface area (Å²) < 4.78 is 26.5. The predicted molar refractivity (Wildman–Crippen MR) is 126 cm³/mol. The number of nitrogens with zero attached hydrogens (tertiary/aromatic N) is 3. The number of hydrogen-bond donors (Lipinski definition) is 3. The minimum atomic E-state index is -4.07. The van der Waals surface area contributed by atoms with Crippen LogP contribution in [0, 0.1) is 0 Å². The molecule has 0 bridgehead atoms. The third kappa shape index (κ3) is 4.98. The number of hydrogen-bond acceptors (Lipinski definition) is 6. The zero-order chi connectivity index (χ0) is 23.6. The van der Waals surface area contributed by atoms with Crippen molar-refractivity contribution in [3.8, 4) is 0 Å². The number of halogens is 1. The first kappa shape index (κ1) is 22.7. The number of rotatable bonds is 8. The van der Waals surface area contributed by atoms with Gasteiger partial charge < -0.3 is 11.1 Å². The fourth-order valence-corrected chi connectivity index (χ4v) is 4.76. The Hall–Kier alpha value is -3.47. The fraction of sp³-hybridized carbons (Fsp3) is 0.136. The van der Waals surface area contributed by atoms with Gasteiger partial charge in [-0.05, 0) is 41.0 Å². The summed E-state index contributed by atoms with van der Waals surface area (Å²) in [5, 5.41) is 13.7. The molecule has 2 aromatic heterocycles. The van der Waals surface area contributed by atoms with Crippen LogP contribution in [0.2, 0.25) is 5.02 Å². The summed E-state index contributed by atoms with van der Waals surface area (Å²) in [7, 11) is -4.07. The Balaban J connectivity index is 1.85. The molecule has 4 rings (SSSR count). The zero-order valence-electron chi connectivity index (χ0n) is 17.3. The first-order valence-electron chi connectivity index (χ1n) is 9.92. The van der Waals surface area contributed by atoms with E-state index in [9.17, 15) is 13.2 Å². The molecule has 0 aliphatic rings. The number of fused-ring (bicyclic) bond motifs is 1. The maximum atomic E-state index is 12.5. The van der Waals surface area contributed by atoms with Crippen molar-refractivity contribution in [3.05, 3.63) is 82.6 Å². The minimum Gasteiger partial charge on any atom is -0.384 e. The summed E-state index contributed by atoms with van der Waals surface area (Å²) in [4.78, 5) is 15.0. The Labute approximate surface area is 195 Å². The van der Waals surface area contributed by atoms with Gasteiger partial charge in [0.2, 0.25) is 16.4 Å². The highest BCUT2D eigenvalue weighted by Crippen LogP contribution is 2.34. The lowest BCUT2D eigenvalue weighted by Crippen LogP contribution is -2.22. The molecular formula is C22H21ClN6O3S. The van der Waals surface area contributed by atoms with E-state index in [1.807, 2.05) is 18.2 Å². The second kappa shape index (κ2) is 9.18. The molecule has 9 nitrogen and oxygen atoms in total. The number of nitrogen functional groups attached to an aromatic ring is 1. The van der Waals surface area contributed by atoms with Gasteiger partial charge in [-0.1, -0.05) is 35.9 Å². The average Bonchev–Trinajstić information content (AvgIpc) is 3.17. The number of amides is 1. The fourth-order valence-electron chi connectivity index (χ4n) is 3.73. The van der Waals surface area contributed by atoms with E-state index < -0.39 is 15.9 Å². The summed E-state index contributed by atoms with van der Waals surface area (Å²) in [5.74, 6) is -0.0136. The van der Waals surface area contributed by atoms with Crippen LogP contribution >= 0.6 is 11.6 Å². The molecule has 0 fully saturated rings. The SMILES string of the molecule is Nc1ccc(Cn2cc3c(S(N)(=O)=O)cc(C(CNC=O)c4ccccc4Cl)cc3n2)cn1. The van der Waals surface area contributed by atoms with Gasteiger partial charge in [-0.2, -0.15) is 5.10 Å². The van der Waals surface area contributed by atoms with E-state index in [-0.39, 0.29) is 11.4 Å². The average molecular weight is 485 g/mol. The molecule has 5 N–H and O–H groups in total. The molecule has 0 radical (unpaired) electrons. The first-order valence-corrected chi connectivity index (χ1v) is 11.8. The van der Waals surface area contributed by atoms with Gasteiger partial charge in [-0.3, -0.25) is 9.48 Å². The van der Waals surface area contributed by atoms with Crippen molar-refractivity contribution in [2.75, 3.05) is 12.3 Å². The van der Waals surface area contributed by atoms with Crippen molar-refractivity contribution in [2.24, 2.45) is 5.14 Å². The largest absolute Gasteiger partial charge is 0.384 e. The molecule has 2 heterocycles. The Bertz CT molecular complexity index is 1420. The number of sulfonamides is 1. The monoisotopic (exact) mass is 484 g/mol. The van der Waals surface area contributed by atoms with Crippen LogP contribution in [0.3, 0.4) is 0 Å². The maximum absolute atomic E-state index is 12.5. The maximum Gasteiger partial charge on any atom is 0.238 e. The van der Waals surface area contributed by atoms with Crippen molar-refractivity contribution in [2.45, 2.75) is 17.4 Å². The second-order valence-electron chi connectivity index (χ2n) is 7.52. The van der Waals surface area contributed by atoms with Gasteiger partial charge in [0.1, 0.15) is 5.82 Å². The number of nitrogens with one attached hydrogen (secondary N) is 1. The molecule has 2 aromatic carbocycles. The zero-order valence-corrected chi connectivity index (χ0v) is 18.9. The number of anilines is 1. The Morgan fingerprint density at radius 2 is 1.97 bits per heavy atom. The molecular weight excluding hydrogens is 464 g/mol. The van der Waals surface area contributed by atoms with Crippen LogP contribution in [0.4, 0.5) is 5.82 Å². The molecule has 0 aliphatic heterocycles. The van der Waals surface area contributed by atoms with E-state index in [4.69, 9.17) is 22.5 Å². The van der Waals surface area contributed by atoms with Crippen LogP contribution in [0.5, 0.6) is 0 Å². The number of primary sulfonamides is 1. The van der Waals surface area contributed by atoms with E-state index in [2.05, 4.69) is 15.4 Å². The topological polar surface area (TPSA) is 146 Å². The number of aromatic nitrogens is 3. The van der Waals surface area contributed by atoms with Gasteiger partial charge in [-0.25, -0.2) is 18.5 Å². The third-order valence-corrected chi connectivity index (χ3v) is 6.54. The lowest BCUT2D eigenvalue weighted by atomic mass is 9.90. The number of nitrogens with two attached hydrogens (primary N) is 2. The summed E-state index contributed by atoms with van der Waals surface area (Å²) >= 11 is 6.41.